The fraction of sp³-hybridized carbons (Fsp3) is 0.200. The Hall–Kier alpha value is -1.09. The first-order valence-corrected chi connectivity index (χ1v) is 7.27. The molecule has 2 rings (SSSR count). The van der Waals surface area contributed by atoms with Crippen molar-refractivity contribution in [2.24, 2.45) is 0 Å². The van der Waals surface area contributed by atoms with Gasteiger partial charge in [-0.1, -0.05) is 34.8 Å². The van der Waals surface area contributed by atoms with E-state index in [1.54, 1.807) is 6.07 Å². The minimum atomic E-state index is 0.533. The molecule has 0 aromatic heterocycles. The monoisotopic (exact) mass is 329 g/mol. The minimum Gasteiger partial charge on any atom is -0.492 e. The average molecular weight is 331 g/mol. The highest BCUT2D eigenvalue weighted by Crippen LogP contribution is 2.23. The van der Waals surface area contributed by atoms with Gasteiger partial charge in [0, 0.05) is 27.3 Å². The predicted molar refractivity (Wildman–Crippen MR) is 86.6 cm³/mol. The Morgan fingerprint density at radius 3 is 2.35 bits per heavy atom. The number of rotatable bonds is 5. The van der Waals surface area contributed by atoms with Gasteiger partial charge < -0.3 is 10.1 Å². The van der Waals surface area contributed by atoms with Gasteiger partial charge in [-0.2, -0.15) is 0 Å². The molecule has 0 heterocycles. The van der Waals surface area contributed by atoms with Crippen LogP contribution in [0, 0.1) is 6.92 Å². The number of nitrogens with one attached hydrogen (secondary N) is 1. The molecule has 0 radical (unpaired) electrons. The second-order valence-electron chi connectivity index (χ2n) is 4.34. The molecule has 0 unspecified atom stereocenters. The summed E-state index contributed by atoms with van der Waals surface area (Å²) in [5, 5.41) is 5.15. The Morgan fingerprint density at radius 1 is 1.00 bits per heavy atom. The molecule has 106 valence electrons. The molecule has 0 amide bonds. The minimum absolute atomic E-state index is 0.533. The summed E-state index contributed by atoms with van der Waals surface area (Å²) < 4.78 is 5.64. The Balaban J connectivity index is 1.82. The Bertz CT molecular complexity index is 581. The molecule has 1 N–H and O–H groups in total. The normalized spacial score (nSPS) is 10.4. The highest BCUT2D eigenvalue weighted by Gasteiger charge is 2.00. The molecule has 0 aliphatic rings. The van der Waals surface area contributed by atoms with Crippen molar-refractivity contribution >= 4 is 40.5 Å². The topological polar surface area (TPSA) is 21.3 Å². The fourth-order valence-electron chi connectivity index (χ4n) is 1.73. The van der Waals surface area contributed by atoms with E-state index in [1.807, 2.05) is 37.3 Å². The van der Waals surface area contributed by atoms with Crippen molar-refractivity contribution in [3.8, 4) is 5.75 Å². The molecule has 0 fully saturated rings. The van der Waals surface area contributed by atoms with Gasteiger partial charge in [0.25, 0.3) is 0 Å². The van der Waals surface area contributed by atoms with Gasteiger partial charge in [0.1, 0.15) is 12.4 Å². The van der Waals surface area contributed by atoms with Crippen LogP contribution in [0.2, 0.25) is 15.1 Å². The highest BCUT2D eigenvalue weighted by molar-refractivity contribution is 6.35. The highest BCUT2D eigenvalue weighted by atomic mass is 35.5. The number of anilines is 1. The van der Waals surface area contributed by atoms with E-state index < -0.39 is 0 Å². The summed E-state index contributed by atoms with van der Waals surface area (Å²) in [6.07, 6.45) is 0. The number of ether oxygens (including phenoxy) is 1. The lowest BCUT2D eigenvalue weighted by Gasteiger charge is -2.10. The molecule has 0 saturated carbocycles. The molecule has 2 aromatic rings. The van der Waals surface area contributed by atoms with E-state index in [0.717, 1.165) is 22.0 Å². The van der Waals surface area contributed by atoms with E-state index in [4.69, 9.17) is 39.5 Å². The van der Waals surface area contributed by atoms with E-state index in [9.17, 15) is 0 Å². The first kappa shape index (κ1) is 15.3. The van der Waals surface area contributed by atoms with Crippen LogP contribution in [0.5, 0.6) is 5.75 Å². The summed E-state index contributed by atoms with van der Waals surface area (Å²) in [4.78, 5) is 0. The van der Waals surface area contributed by atoms with Crippen LogP contribution in [-0.2, 0) is 0 Å². The molecule has 0 aliphatic heterocycles. The summed E-state index contributed by atoms with van der Waals surface area (Å²) in [6.45, 7) is 3.13. The van der Waals surface area contributed by atoms with Gasteiger partial charge >= 0.3 is 0 Å². The third-order valence-corrected chi connectivity index (χ3v) is 3.55. The molecule has 0 bridgehead atoms. The number of benzene rings is 2. The van der Waals surface area contributed by atoms with Crippen molar-refractivity contribution in [1.82, 2.24) is 0 Å². The number of aryl methyl sites for hydroxylation is 1. The van der Waals surface area contributed by atoms with Gasteiger partial charge in [0.2, 0.25) is 0 Å². The van der Waals surface area contributed by atoms with Crippen LogP contribution in [0.25, 0.3) is 0 Å². The molecular weight excluding hydrogens is 317 g/mol. The van der Waals surface area contributed by atoms with Gasteiger partial charge in [0.15, 0.2) is 0 Å². The molecule has 0 aliphatic carbocycles. The summed E-state index contributed by atoms with van der Waals surface area (Å²) in [6, 6.07) is 10.9. The van der Waals surface area contributed by atoms with E-state index in [-0.39, 0.29) is 0 Å². The van der Waals surface area contributed by atoms with Crippen LogP contribution in [0.15, 0.2) is 36.4 Å². The lowest BCUT2D eigenvalue weighted by molar-refractivity contribution is 0.332. The van der Waals surface area contributed by atoms with Crippen molar-refractivity contribution in [3.63, 3.8) is 0 Å². The lowest BCUT2D eigenvalue weighted by Crippen LogP contribution is -2.11. The summed E-state index contributed by atoms with van der Waals surface area (Å²) in [7, 11) is 0. The van der Waals surface area contributed by atoms with Gasteiger partial charge in [0.05, 0.1) is 0 Å². The average Bonchev–Trinajstić information content (AvgIpc) is 2.38. The molecule has 0 saturated heterocycles. The smallest absolute Gasteiger partial charge is 0.119 e. The van der Waals surface area contributed by atoms with Crippen molar-refractivity contribution in [1.29, 1.82) is 0 Å². The van der Waals surface area contributed by atoms with Gasteiger partial charge in [-0.3, -0.25) is 0 Å². The zero-order valence-electron chi connectivity index (χ0n) is 10.9. The summed E-state index contributed by atoms with van der Waals surface area (Å²) >= 11 is 17.8. The molecule has 0 spiro atoms. The summed E-state index contributed by atoms with van der Waals surface area (Å²) in [5.74, 6) is 0.804. The van der Waals surface area contributed by atoms with Crippen molar-refractivity contribution in [2.45, 2.75) is 6.92 Å². The van der Waals surface area contributed by atoms with E-state index in [2.05, 4.69) is 5.32 Å². The Morgan fingerprint density at radius 2 is 1.70 bits per heavy atom. The fourth-order valence-corrected chi connectivity index (χ4v) is 2.37. The first-order chi connectivity index (χ1) is 9.54. The predicted octanol–water partition coefficient (Wildman–Crippen LogP) is 5.45. The molecule has 5 heteroatoms. The summed E-state index contributed by atoms with van der Waals surface area (Å²) in [5.41, 5.74) is 1.87. The number of hydrogen-bond donors (Lipinski definition) is 1. The third-order valence-electron chi connectivity index (χ3n) is 2.69. The third kappa shape index (κ3) is 4.48. The second kappa shape index (κ2) is 7.07. The van der Waals surface area contributed by atoms with E-state index >= 15 is 0 Å². The zero-order chi connectivity index (χ0) is 14.5. The molecule has 0 atom stereocenters. The van der Waals surface area contributed by atoms with Gasteiger partial charge in [-0.05, 0) is 48.9 Å². The maximum Gasteiger partial charge on any atom is 0.119 e. The number of halogens is 3. The maximum absolute atomic E-state index is 5.96. The Kier molecular flexibility index (Phi) is 5.41. The largest absolute Gasteiger partial charge is 0.492 e. The van der Waals surface area contributed by atoms with E-state index in [0.29, 0.717) is 23.2 Å². The molecular formula is C15H14Cl3NO. The van der Waals surface area contributed by atoms with Crippen LogP contribution in [-0.4, -0.2) is 13.2 Å². The molecule has 20 heavy (non-hydrogen) atoms. The van der Waals surface area contributed by atoms with Crippen molar-refractivity contribution in [3.05, 3.63) is 57.0 Å². The molecule has 2 aromatic carbocycles. The van der Waals surface area contributed by atoms with Crippen LogP contribution < -0.4 is 10.1 Å². The van der Waals surface area contributed by atoms with Gasteiger partial charge in [-0.25, -0.2) is 0 Å². The van der Waals surface area contributed by atoms with Crippen LogP contribution >= 0.6 is 34.8 Å². The van der Waals surface area contributed by atoms with Crippen molar-refractivity contribution < 1.29 is 4.74 Å². The van der Waals surface area contributed by atoms with E-state index in [1.165, 1.54) is 0 Å². The molecule has 2 nitrogen and oxygen atoms in total. The number of hydrogen-bond acceptors (Lipinski definition) is 2. The Labute approximate surface area is 133 Å². The second-order valence-corrected chi connectivity index (χ2v) is 5.62. The standard InChI is InChI=1S/C15H14Cl3NO/c1-10-6-14(2-3-15(10)18)20-5-4-19-13-8-11(16)7-12(17)9-13/h2-3,6-9,19H,4-5H2,1H3. The van der Waals surface area contributed by atoms with Crippen molar-refractivity contribution in [2.75, 3.05) is 18.5 Å². The zero-order valence-corrected chi connectivity index (χ0v) is 13.2. The SMILES string of the molecule is Cc1cc(OCCNc2cc(Cl)cc(Cl)c2)ccc1Cl. The maximum atomic E-state index is 5.96. The van der Waals surface area contributed by atoms with Crippen LogP contribution in [0.3, 0.4) is 0 Å². The quantitative estimate of drug-likeness (QED) is 0.736. The lowest BCUT2D eigenvalue weighted by atomic mass is 10.2. The van der Waals surface area contributed by atoms with Gasteiger partial charge in [-0.15, -0.1) is 0 Å². The first-order valence-electron chi connectivity index (χ1n) is 6.13. The van der Waals surface area contributed by atoms with Crippen LogP contribution in [0.4, 0.5) is 5.69 Å². The van der Waals surface area contributed by atoms with Crippen LogP contribution in [0.1, 0.15) is 5.56 Å².